The Hall–Kier alpha value is -2.21. The van der Waals surface area contributed by atoms with E-state index in [1.807, 2.05) is 6.20 Å². The van der Waals surface area contributed by atoms with Gasteiger partial charge in [-0.25, -0.2) is 9.50 Å². The van der Waals surface area contributed by atoms with Gasteiger partial charge in [0, 0.05) is 18.4 Å². The molecule has 0 aliphatic heterocycles. The number of nitrogens with zero attached hydrogens (tertiary/aromatic N) is 4. The summed E-state index contributed by atoms with van der Waals surface area (Å²) in [6, 6.07) is 8.68. The van der Waals surface area contributed by atoms with Crippen LogP contribution in [0.5, 0.6) is 0 Å². The minimum absolute atomic E-state index is 0.142. The van der Waals surface area contributed by atoms with Crippen molar-refractivity contribution in [2.24, 2.45) is 5.92 Å². The second-order valence-corrected chi connectivity index (χ2v) is 9.68. The van der Waals surface area contributed by atoms with Gasteiger partial charge in [-0.15, -0.1) is 5.10 Å². The van der Waals surface area contributed by atoms with Crippen LogP contribution < -0.4 is 0 Å². The zero-order valence-corrected chi connectivity index (χ0v) is 18.4. The van der Waals surface area contributed by atoms with Gasteiger partial charge in [-0.3, -0.25) is 4.79 Å². The van der Waals surface area contributed by atoms with E-state index in [4.69, 9.17) is 4.98 Å². The molecule has 6 heteroatoms. The second-order valence-electron chi connectivity index (χ2n) is 8.62. The van der Waals surface area contributed by atoms with E-state index in [-0.39, 0.29) is 11.7 Å². The molecule has 2 aromatic heterocycles. The van der Waals surface area contributed by atoms with Crippen LogP contribution in [0.15, 0.2) is 35.6 Å². The molecule has 1 aliphatic carbocycles. The van der Waals surface area contributed by atoms with Gasteiger partial charge >= 0.3 is 0 Å². The highest BCUT2D eigenvalue weighted by atomic mass is 32.2. The normalized spacial score (nSPS) is 16.8. The first-order valence-corrected chi connectivity index (χ1v) is 11.4. The highest BCUT2D eigenvalue weighted by Gasteiger charge is 2.28. The Balaban J connectivity index is 1.57. The van der Waals surface area contributed by atoms with E-state index in [1.54, 1.807) is 16.3 Å². The molecule has 1 atom stereocenters. The third-order valence-electron chi connectivity index (χ3n) is 5.56. The maximum absolute atomic E-state index is 12.8. The zero-order valence-electron chi connectivity index (χ0n) is 17.6. The van der Waals surface area contributed by atoms with Crippen LogP contribution in [0.2, 0.25) is 0 Å². The van der Waals surface area contributed by atoms with Crippen molar-refractivity contribution in [3.05, 3.63) is 52.8 Å². The van der Waals surface area contributed by atoms with Crippen molar-refractivity contribution in [1.29, 1.82) is 0 Å². The third kappa shape index (κ3) is 4.37. The molecule has 0 fully saturated rings. The fourth-order valence-corrected chi connectivity index (χ4v) is 4.76. The lowest BCUT2D eigenvalue weighted by atomic mass is 9.81. The van der Waals surface area contributed by atoms with Crippen LogP contribution in [0.25, 0.3) is 5.78 Å². The number of hydrogen-bond donors (Lipinski definition) is 0. The Morgan fingerprint density at radius 2 is 1.86 bits per heavy atom. The van der Waals surface area contributed by atoms with Gasteiger partial charge < -0.3 is 0 Å². The highest BCUT2D eigenvalue weighted by Crippen LogP contribution is 2.33. The fourth-order valence-electron chi connectivity index (χ4n) is 3.70. The van der Waals surface area contributed by atoms with Crippen LogP contribution in [-0.4, -0.2) is 31.1 Å². The number of thioether (sulfide) groups is 1. The van der Waals surface area contributed by atoms with Crippen molar-refractivity contribution in [2.75, 3.05) is 5.75 Å². The maximum Gasteiger partial charge on any atom is 0.253 e. The van der Waals surface area contributed by atoms with Crippen molar-refractivity contribution < 1.29 is 4.79 Å². The summed E-state index contributed by atoms with van der Waals surface area (Å²) in [5.74, 6) is 3.06. The van der Waals surface area contributed by atoms with Crippen molar-refractivity contribution in [2.45, 2.75) is 63.9 Å². The van der Waals surface area contributed by atoms with Gasteiger partial charge in [-0.1, -0.05) is 63.7 Å². The Labute approximate surface area is 176 Å². The average Bonchev–Trinajstić information content (AvgIpc) is 3.07. The summed E-state index contributed by atoms with van der Waals surface area (Å²) in [4.78, 5) is 22.1. The molecule has 1 aliphatic rings. The smallest absolute Gasteiger partial charge is 0.253 e. The second kappa shape index (κ2) is 8.27. The maximum atomic E-state index is 12.8. The molecule has 1 unspecified atom stereocenters. The van der Waals surface area contributed by atoms with Crippen LogP contribution in [-0.2, 0) is 6.42 Å². The molecule has 0 radical (unpaired) electrons. The Kier molecular flexibility index (Phi) is 5.72. The molecule has 29 heavy (non-hydrogen) atoms. The number of carbonyl (C=O) groups excluding carboxylic acids is 1. The summed E-state index contributed by atoms with van der Waals surface area (Å²) in [6.45, 7) is 8.81. The summed E-state index contributed by atoms with van der Waals surface area (Å²) in [5.41, 5.74) is 4.07. The summed E-state index contributed by atoms with van der Waals surface area (Å²) < 4.78 is 1.66. The minimum atomic E-state index is 0.142. The lowest BCUT2D eigenvalue weighted by Gasteiger charge is -2.23. The van der Waals surface area contributed by atoms with Crippen LogP contribution in [0, 0.1) is 5.92 Å². The van der Waals surface area contributed by atoms with Crippen LogP contribution in [0.1, 0.15) is 79.6 Å². The summed E-state index contributed by atoms with van der Waals surface area (Å²) in [5, 5.41) is 5.24. The van der Waals surface area contributed by atoms with Crippen molar-refractivity contribution in [3.63, 3.8) is 0 Å². The highest BCUT2D eigenvalue weighted by molar-refractivity contribution is 7.99. The number of Topliss-reactive ketones (excluding diaryl/α,β-unsaturated/α-hetero) is 1. The topological polar surface area (TPSA) is 60.1 Å². The lowest BCUT2D eigenvalue weighted by molar-refractivity contribution is 0.0962. The molecule has 4 rings (SSSR count). The number of aromatic nitrogens is 4. The van der Waals surface area contributed by atoms with E-state index in [0.717, 1.165) is 29.4 Å². The van der Waals surface area contributed by atoms with Crippen LogP contribution in [0.3, 0.4) is 0 Å². The number of carbonyl (C=O) groups is 1. The van der Waals surface area contributed by atoms with Gasteiger partial charge in [0.15, 0.2) is 5.78 Å². The van der Waals surface area contributed by atoms with Gasteiger partial charge in [0.25, 0.3) is 5.78 Å². The van der Waals surface area contributed by atoms with Crippen molar-refractivity contribution >= 4 is 23.3 Å². The first-order chi connectivity index (χ1) is 13.9. The molecular weight excluding hydrogens is 380 g/mol. The largest absolute Gasteiger partial charge is 0.294 e. The molecule has 0 amide bonds. The number of hydrogen-bond acceptors (Lipinski definition) is 5. The molecule has 2 heterocycles. The van der Waals surface area contributed by atoms with Gasteiger partial charge in [0.2, 0.25) is 5.16 Å². The Bertz CT molecular complexity index is 1020. The molecule has 0 saturated heterocycles. The molecule has 0 N–H and O–H groups in total. The number of fused-ring (bicyclic) bond motifs is 2. The summed E-state index contributed by atoms with van der Waals surface area (Å²) in [6.07, 6.45) is 4.23. The van der Waals surface area contributed by atoms with Gasteiger partial charge in [-0.05, 0) is 41.7 Å². The Morgan fingerprint density at radius 3 is 2.55 bits per heavy atom. The molecule has 1 aromatic carbocycles. The molecule has 3 aromatic rings. The number of ketones is 1. The third-order valence-corrected chi connectivity index (χ3v) is 6.43. The first-order valence-electron chi connectivity index (χ1n) is 10.4. The summed E-state index contributed by atoms with van der Waals surface area (Å²) >= 11 is 1.65. The monoisotopic (exact) mass is 408 g/mol. The first kappa shape index (κ1) is 20.1. The molecule has 0 spiro atoms. The predicted octanol–water partition coefficient (Wildman–Crippen LogP) is 5.30. The van der Waals surface area contributed by atoms with Crippen LogP contribution in [0.4, 0.5) is 0 Å². The van der Waals surface area contributed by atoms with Gasteiger partial charge in [0.1, 0.15) is 0 Å². The number of rotatable bonds is 6. The van der Waals surface area contributed by atoms with E-state index in [9.17, 15) is 4.79 Å². The molecule has 0 bridgehead atoms. The lowest BCUT2D eigenvalue weighted by Crippen LogP contribution is -2.21. The van der Waals surface area contributed by atoms with Crippen molar-refractivity contribution in [3.8, 4) is 0 Å². The van der Waals surface area contributed by atoms with E-state index in [0.29, 0.717) is 29.6 Å². The molecule has 0 saturated carbocycles. The van der Waals surface area contributed by atoms with Crippen molar-refractivity contribution in [1.82, 2.24) is 19.6 Å². The SMILES string of the molecule is CC(C)CCSc1nc2nc3c(cn2n1)C(=O)CC(c1ccc(C(C)C)cc1)C3. The number of benzene rings is 1. The zero-order chi connectivity index (χ0) is 20.5. The minimum Gasteiger partial charge on any atom is -0.294 e. The molecule has 152 valence electrons. The van der Waals surface area contributed by atoms with Crippen LogP contribution >= 0.6 is 11.8 Å². The quantitative estimate of drug-likeness (QED) is 0.518. The van der Waals surface area contributed by atoms with E-state index >= 15 is 0 Å². The van der Waals surface area contributed by atoms with E-state index < -0.39 is 0 Å². The van der Waals surface area contributed by atoms with E-state index in [2.05, 4.69) is 62.0 Å². The standard InChI is InChI=1S/C23H28N4OS/c1-14(2)9-10-29-23-25-22-24-20-11-18(12-21(28)19(20)13-27(22)26-23)17-7-5-16(6-8-17)15(3)4/h5-8,13-15,18H,9-12H2,1-4H3. The molecular formula is C23H28N4OS. The predicted molar refractivity (Wildman–Crippen MR) is 117 cm³/mol. The van der Waals surface area contributed by atoms with Gasteiger partial charge in [0.05, 0.1) is 11.3 Å². The Morgan fingerprint density at radius 1 is 1.10 bits per heavy atom. The average molecular weight is 409 g/mol. The van der Waals surface area contributed by atoms with E-state index in [1.165, 1.54) is 11.1 Å². The fraction of sp³-hybridized carbons (Fsp3) is 0.478. The summed E-state index contributed by atoms with van der Waals surface area (Å²) in [7, 11) is 0. The van der Waals surface area contributed by atoms with Gasteiger partial charge in [-0.2, -0.15) is 4.98 Å². The molecule has 5 nitrogen and oxygen atoms in total.